The lowest BCUT2D eigenvalue weighted by Gasteiger charge is -2.42. The monoisotopic (exact) mass is 504 g/mol. The lowest BCUT2D eigenvalue weighted by atomic mass is 9.92. The molecule has 190 valence electrons. The maximum Gasteiger partial charge on any atom is 0.451 e. The van der Waals surface area contributed by atoms with Crippen LogP contribution in [0.25, 0.3) is 0 Å². The van der Waals surface area contributed by atoms with Gasteiger partial charge in [-0.05, 0) is 49.6 Å². The molecule has 0 saturated heterocycles. The molecule has 3 aromatic rings. The first-order valence-electron chi connectivity index (χ1n) is 11.3. The van der Waals surface area contributed by atoms with E-state index in [4.69, 9.17) is 0 Å². The van der Waals surface area contributed by atoms with Crippen LogP contribution in [0.4, 0.5) is 17.6 Å². The largest absolute Gasteiger partial charge is 0.451 e. The maximum atomic E-state index is 14.9. The van der Waals surface area contributed by atoms with E-state index in [1.54, 1.807) is 32.0 Å². The minimum Gasteiger partial charge on any atom is -0.374 e. The third kappa shape index (κ3) is 4.25. The molecule has 0 saturated carbocycles. The molecular weight excluding hydrogens is 480 g/mol. The molecule has 8 nitrogen and oxygen atoms in total. The number of carbonyl (C=O) groups is 1. The number of alkyl halides is 3. The summed E-state index contributed by atoms with van der Waals surface area (Å²) in [5, 5.41) is 18.1. The Balaban J connectivity index is 1.41. The molecule has 3 heterocycles. The summed E-state index contributed by atoms with van der Waals surface area (Å²) < 4.78 is 56.1. The first-order valence-corrected chi connectivity index (χ1v) is 11.3. The molecule has 2 aromatic carbocycles. The normalized spacial score (nSPS) is 20.4. The zero-order valence-corrected chi connectivity index (χ0v) is 19.5. The van der Waals surface area contributed by atoms with Crippen molar-refractivity contribution < 1.29 is 27.5 Å². The number of hydrazine groups is 1. The lowest BCUT2D eigenvalue weighted by Crippen LogP contribution is -2.49. The molecule has 36 heavy (non-hydrogen) atoms. The van der Waals surface area contributed by atoms with Gasteiger partial charge in [0.05, 0.1) is 18.1 Å². The van der Waals surface area contributed by atoms with Crippen molar-refractivity contribution in [3.05, 3.63) is 82.2 Å². The second kappa shape index (κ2) is 8.64. The second-order valence-electron chi connectivity index (χ2n) is 9.66. The van der Waals surface area contributed by atoms with Gasteiger partial charge >= 0.3 is 6.18 Å². The Labute approximate surface area is 203 Å². The van der Waals surface area contributed by atoms with E-state index < -0.39 is 29.6 Å². The number of benzene rings is 2. The number of nitrogens with zero attached hydrogens (tertiary/aromatic N) is 4. The van der Waals surface area contributed by atoms with Crippen molar-refractivity contribution in [1.82, 2.24) is 30.5 Å². The van der Waals surface area contributed by atoms with E-state index in [1.807, 2.05) is 12.1 Å². The smallest absolute Gasteiger partial charge is 0.374 e. The van der Waals surface area contributed by atoms with E-state index in [2.05, 4.69) is 21.0 Å². The fourth-order valence-corrected chi connectivity index (χ4v) is 5.03. The molecule has 1 aromatic heterocycles. The van der Waals surface area contributed by atoms with Crippen LogP contribution in [0.2, 0.25) is 0 Å². The Morgan fingerprint density at radius 1 is 1.19 bits per heavy atom. The van der Waals surface area contributed by atoms with Crippen molar-refractivity contribution in [3.8, 4) is 0 Å². The first-order chi connectivity index (χ1) is 17.0. The minimum atomic E-state index is -4.67. The Kier molecular flexibility index (Phi) is 5.85. The van der Waals surface area contributed by atoms with E-state index in [-0.39, 0.29) is 36.4 Å². The summed E-state index contributed by atoms with van der Waals surface area (Å²) in [5.41, 5.74) is 6.52. The van der Waals surface area contributed by atoms with Gasteiger partial charge in [-0.2, -0.15) is 13.2 Å². The Bertz CT molecular complexity index is 1320. The van der Waals surface area contributed by atoms with E-state index in [0.717, 1.165) is 10.1 Å². The number of aliphatic hydroxyl groups is 1. The zero-order valence-electron chi connectivity index (χ0n) is 19.5. The minimum absolute atomic E-state index is 0.000408. The summed E-state index contributed by atoms with van der Waals surface area (Å²) in [6.45, 7) is 3.04. The van der Waals surface area contributed by atoms with Crippen molar-refractivity contribution in [2.45, 2.75) is 50.8 Å². The molecule has 12 heteroatoms. The van der Waals surface area contributed by atoms with Crippen molar-refractivity contribution in [1.29, 1.82) is 0 Å². The van der Waals surface area contributed by atoms with Gasteiger partial charge in [0.25, 0.3) is 5.91 Å². The zero-order chi connectivity index (χ0) is 25.8. The molecule has 2 atom stereocenters. The molecule has 2 aliphatic heterocycles. The maximum absolute atomic E-state index is 14.9. The lowest BCUT2D eigenvalue weighted by molar-refractivity contribution is -0.151. The highest BCUT2D eigenvalue weighted by Gasteiger charge is 2.45. The first kappa shape index (κ1) is 24.3. The summed E-state index contributed by atoms with van der Waals surface area (Å²) in [4.78, 5) is 13.6. The van der Waals surface area contributed by atoms with Crippen molar-refractivity contribution in [2.75, 3.05) is 6.54 Å². The predicted octanol–water partition coefficient (Wildman–Crippen LogP) is 3.21. The molecule has 3 N–H and O–H groups in total. The third-order valence-electron chi connectivity index (χ3n) is 6.59. The number of hydrogen-bond acceptors (Lipinski definition) is 6. The molecule has 0 radical (unpaired) electrons. The number of aliphatic hydroxyl groups excluding tert-OH is 1. The number of nitrogens with one attached hydrogen (secondary N) is 2. The summed E-state index contributed by atoms with van der Waals surface area (Å²) in [6.07, 6.45) is -5.70. The van der Waals surface area contributed by atoms with Gasteiger partial charge in [-0.1, -0.05) is 24.3 Å². The average molecular weight is 504 g/mol. The molecule has 0 fully saturated rings. The SMILES string of the molecule is CC1(C)CN(C(O)c2cc(CC3NNC(=O)c4ccccc43)ccc2F)Cc2nnc(C(F)(F)F)n21. The Morgan fingerprint density at radius 3 is 2.69 bits per heavy atom. The van der Waals surface area contributed by atoms with E-state index >= 15 is 0 Å². The van der Waals surface area contributed by atoms with Crippen LogP contribution in [0.5, 0.6) is 0 Å². The summed E-state index contributed by atoms with van der Waals surface area (Å²) >= 11 is 0. The molecule has 2 unspecified atom stereocenters. The van der Waals surface area contributed by atoms with Crippen LogP contribution < -0.4 is 10.9 Å². The topological polar surface area (TPSA) is 95.3 Å². The predicted molar refractivity (Wildman–Crippen MR) is 120 cm³/mol. The van der Waals surface area contributed by atoms with Crippen molar-refractivity contribution >= 4 is 5.91 Å². The van der Waals surface area contributed by atoms with Crippen molar-refractivity contribution in [2.24, 2.45) is 0 Å². The highest BCUT2D eigenvalue weighted by atomic mass is 19.4. The molecule has 5 rings (SSSR count). The molecule has 0 spiro atoms. The molecule has 0 bridgehead atoms. The van der Waals surface area contributed by atoms with Gasteiger partial charge in [0.1, 0.15) is 17.9 Å². The van der Waals surface area contributed by atoms with Crippen LogP contribution >= 0.6 is 0 Å². The highest BCUT2D eigenvalue weighted by Crippen LogP contribution is 2.37. The van der Waals surface area contributed by atoms with Gasteiger partial charge in [0.15, 0.2) is 0 Å². The molecule has 1 amide bonds. The van der Waals surface area contributed by atoms with Crippen molar-refractivity contribution in [3.63, 3.8) is 0 Å². The van der Waals surface area contributed by atoms with Gasteiger partial charge in [-0.25, -0.2) is 9.82 Å². The summed E-state index contributed by atoms with van der Waals surface area (Å²) in [6, 6.07) is 11.3. The van der Waals surface area contributed by atoms with E-state index in [1.165, 1.54) is 17.0 Å². The fourth-order valence-electron chi connectivity index (χ4n) is 5.03. The van der Waals surface area contributed by atoms with E-state index in [9.17, 15) is 27.5 Å². The quantitative estimate of drug-likeness (QED) is 0.473. The van der Waals surface area contributed by atoms with Crippen LogP contribution in [0, 0.1) is 5.82 Å². The van der Waals surface area contributed by atoms with Gasteiger partial charge in [-0.3, -0.25) is 19.7 Å². The van der Waals surface area contributed by atoms with Crippen LogP contribution in [-0.4, -0.2) is 37.2 Å². The van der Waals surface area contributed by atoms with Crippen LogP contribution in [0.15, 0.2) is 42.5 Å². The van der Waals surface area contributed by atoms with Gasteiger partial charge in [0, 0.05) is 17.7 Å². The Morgan fingerprint density at radius 2 is 1.94 bits per heavy atom. The number of amides is 1. The average Bonchev–Trinajstić information content (AvgIpc) is 3.27. The van der Waals surface area contributed by atoms with Crippen LogP contribution in [-0.2, 0) is 24.7 Å². The number of carbonyl (C=O) groups excluding carboxylic acids is 1. The number of fused-ring (bicyclic) bond motifs is 2. The summed E-state index contributed by atoms with van der Waals surface area (Å²) in [7, 11) is 0. The highest BCUT2D eigenvalue weighted by molar-refractivity contribution is 5.96. The van der Waals surface area contributed by atoms with Gasteiger partial charge in [0.2, 0.25) is 5.82 Å². The second-order valence-corrected chi connectivity index (χ2v) is 9.66. The Hall–Kier alpha value is -3.35. The number of aromatic nitrogens is 3. The number of hydrogen-bond donors (Lipinski definition) is 3. The fraction of sp³-hybridized carbons (Fsp3) is 0.375. The number of rotatable bonds is 4. The molecule has 0 aliphatic carbocycles. The molecule has 2 aliphatic rings. The van der Waals surface area contributed by atoms with Gasteiger partial charge in [-0.15, -0.1) is 10.2 Å². The number of halogens is 4. The summed E-state index contributed by atoms with van der Waals surface area (Å²) in [5.74, 6) is -1.95. The van der Waals surface area contributed by atoms with Crippen LogP contribution in [0.3, 0.4) is 0 Å². The third-order valence-corrected chi connectivity index (χ3v) is 6.59. The standard InChI is InChI=1S/C24H24F4N6O2/c1-23(2)12-33(11-19-30-32-22(34(19)23)24(26,27)28)21(36)16-9-13(7-8-17(16)25)10-18-14-5-3-4-6-15(14)20(35)31-29-18/h3-9,18,21,29,36H,10-12H2,1-2H3,(H,31,35). The van der Waals surface area contributed by atoms with Gasteiger partial charge < -0.3 is 5.11 Å². The van der Waals surface area contributed by atoms with Crippen LogP contribution in [0.1, 0.15) is 64.8 Å². The van der Waals surface area contributed by atoms with E-state index in [0.29, 0.717) is 17.5 Å². The molecular formula is C24H24F4N6O2.